The normalized spacial score (nSPS) is 17.1. The Morgan fingerprint density at radius 2 is 1.69 bits per heavy atom. The fraction of sp³-hybridized carbons (Fsp3) is 1.00. The molecule has 0 spiro atoms. The van der Waals surface area contributed by atoms with Gasteiger partial charge in [0.15, 0.2) is 6.29 Å². The lowest BCUT2D eigenvalue weighted by atomic mass is 9.89. The van der Waals surface area contributed by atoms with Gasteiger partial charge in [-0.05, 0) is 5.41 Å². The van der Waals surface area contributed by atoms with Crippen molar-refractivity contribution in [2.45, 2.75) is 33.2 Å². The van der Waals surface area contributed by atoms with E-state index in [2.05, 4.69) is 0 Å². The molecule has 13 heavy (non-hydrogen) atoms. The van der Waals surface area contributed by atoms with Crippen LogP contribution in [0.3, 0.4) is 0 Å². The van der Waals surface area contributed by atoms with Crippen LogP contribution in [-0.2, 0) is 9.47 Å². The van der Waals surface area contributed by atoms with E-state index in [1.807, 2.05) is 20.8 Å². The van der Waals surface area contributed by atoms with Crippen LogP contribution in [-0.4, -0.2) is 42.9 Å². The summed E-state index contributed by atoms with van der Waals surface area (Å²) in [5.74, 6) is 0. The van der Waals surface area contributed by atoms with Gasteiger partial charge in [-0.15, -0.1) is 0 Å². The van der Waals surface area contributed by atoms with Crippen molar-refractivity contribution in [2.24, 2.45) is 5.41 Å². The molecule has 2 N–H and O–H groups in total. The van der Waals surface area contributed by atoms with Gasteiger partial charge in [-0.3, -0.25) is 0 Å². The van der Waals surface area contributed by atoms with Crippen molar-refractivity contribution in [2.75, 3.05) is 20.3 Å². The molecule has 0 saturated heterocycles. The molecule has 0 aromatic carbocycles. The first-order valence-electron chi connectivity index (χ1n) is 4.35. The average Bonchev–Trinajstić information content (AvgIpc) is 2.04. The van der Waals surface area contributed by atoms with Crippen LogP contribution in [0.5, 0.6) is 0 Å². The molecule has 0 aromatic rings. The Bertz CT molecular complexity index is 126. The minimum absolute atomic E-state index is 0.0800. The molecule has 0 bridgehead atoms. The van der Waals surface area contributed by atoms with Gasteiger partial charge < -0.3 is 19.7 Å². The topological polar surface area (TPSA) is 58.9 Å². The molecular weight excluding hydrogens is 172 g/mol. The highest BCUT2D eigenvalue weighted by atomic mass is 16.7. The summed E-state index contributed by atoms with van der Waals surface area (Å²) in [6, 6.07) is 0. The van der Waals surface area contributed by atoms with Gasteiger partial charge >= 0.3 is 0 Å². The van der Waals surface area contributed by atoms with Crippen LogP contribution >= 0.6 is 0 Å². The van der Waals surface area contributed by atoms with Crippen LogP contribution in [0, 0.1) is 5.41 Å². The standard InChI is InChI=1S/C9H20O4/c1-9(2,3)7(5-10)13-8(6-11)12-4/h7-8,10-11H,5-6H2,1-4H3. The van der Waals surface area contributed by atoms with Gasteiger partial charge in [0, 0.05) is 7.11 Å². The Hall–Kier alpha value is -0.160. The molecule has 2 atom stereocenters. The van der Waals surface area contributed by atoms with E-state index in [-0.39, 0.29) is 24.7 Å². The van der Waals surface area contributed by atoms with Crippen molar-refractivity contribution < 1.29 is 19.7 Å². The first-order chi connectivity index (χ1) is 5.95. The number of ether oxygens (including phenoxy) is 2. The first kappa shape index (κ1) is 12.8. The molecule has 0 amide bonds. The lowest BCUT2D eigenvalue weighted by molar-refractivity contribution is -0.203. The third-order valence-electron chi connectivity index (χ3n) is 1.86. The summed E-state index contributed by atoms with van der Waals surface area (Å²) in [6.45, 7) is 5.58. The Morgan fingerprint density at radius 1 is 1.15 bits per heavy atom. The summed E-state index contributed by atoms with van der Waals surface area (Å²) in [5.41, 5.74) is -0.166. The monoisotopic (exact) mass is 192 g/mol. The van der Waals surface area contributed by atoms with E-state index in [0.717, 1.165) is 0 Å². The quantitative estimate of drug-likeness (QED) is 0.618. The molecule has 0 radical (unpaired) electrons. The molecule has 0 rings (SSSR count). The van der Waals surface area contributed by atoms with Crippen molar-refractivity contribution >= 4 is 0 Å². The van der Waals surface area contributed by atoms with E-state index < -0.39 is 6.29 Å². The van der Waals surface area contributed by atoms with E-state index >= 15 is 0 Å². The summed E-state index contributed by atoms with van der Waals surface area (Å²) < 4.78 is 10.2. The maximum atomic E-state index is 9.04. The molecule has 0 heterocycles. The largest absolute Gasteiger partial charge is 0.394 e. The molecule has 0 aliphatic heterocycles. The summed E-state index contributed by atoms with van der Waals surface area (Å²) in [7, 11) is 1.46. The molecule has 4 nitrogen and oxygen atoms in total. The zero-order valence-electron chi connectivity index (χ0n) is 8.78. The second-order valence-electron chi connectivity index (χ2n) is 4.02. The fourth-order valence-electron chi connectivity index (χ4n) is 0.877. The molecule has 0 aromatic heterocycles. The maximum absolute atomic E-state index is 9.04. The van der Waals surface area contributed by atoms with Crippen LogP contribution in [0.1, 0.15) is 20.8 Å². The first-order valence-corrected chi connectivity index (χ1v) is 4.35. The lowest BCUT2D eigenvalue weighted by Gasteiger charge is -2.31. The van der Waals surface area contributed by atoms with Crippen molar-refractivity contribution in [1.29, 1.82) is 0 Å². The molecule has 0 aliphatic carbocycles. The Morgan fingerprint density at radius 3 is 1.92 bits per heavy atom. The van der Waals surface area contributed by atoms with Crippen molar-refractivity contribution in [3.8, 4) is 0 Å². The molecule has 0 fully saturated rings. The number of aliphatic hydroxyl groups is 2. The maximum Gasteiger partial charge on any atom is 0.180 e. The third kappa shape index (κ3) is 4.57. The van der Waals surface area contributed by atoms with Crippen LogP contribution < -0.4 is 0 Å². The van der Waals surface area contributed by atoms with Gasteiger partial charge in [0.25, 0.3) is 0 Å². The molecule has 2 unspecified atom stereocenters. The van der Waals surface area contributed by atoms with Crippen LogP contribution in [0.4, 0.5) is 0 Å². The Labute approximate surface area is 79.5 Å². The fourth-order valence-corrected chi connectivity index (χ4v) is 0.877. The summed E-state index contributed by atoms with van der Waals surface area (Å²) in [4.78, 5) is 0. The predicted octanol–water partition coefficient (Wildman–Crippen LogP) is 0.375. The Balaban J connectivity index is 4.11. The van der Waals surface area contributed by atoms with Crippen LogP contribution in [0.2, 0.25) is 0 Å². The zero-order chi connectivity index (χ0) is 10.5. The molecule has 4 heteroatoms. The average molecular weight is 192 g/mol. The van der Waals surface area contributed by atoms with E-state index in [4.69, 9.17) is 19.7 Å². The SMILES string of the molecule is COC(CO)OC(CO)C(C)(C)C. The van der Waals surface area contributed by atoms with Gasteiger partial charge in [0.2, 0.25) is 0 Å². The lowest BCUT2D eigenvalue weighted by Crippen LogP contribution is -2.38. The van der Waals surface area contributed by atoms with Gasteiger partial charge in [-0.25, -0.2) is 0 Å². The van der Waals surface area contributed by atoms with Crippen molar-refractivity contribution in [1.82, 2.24) is 0 Å². The number of hydrogen-bond donors (Lipinski definition) is 2. The van der Waals surface area contributed by atoms with Crippen LogP contribution in [0.25, 0.3) is 0 Å². The second kappa shape index (κ2) is 5.54. The number of methoxy groups -OCH3 is 1. The molecule has 0 saturated carbocycles. The highest BCUT2D eigenvalue weighted by molar-refractivity contribution is 4.74. The predicted molar refractivity (Wildman–Crippen MR) is 49.3 cm³/mol. The van der Waals surface area contributed by atoms with E-state index in [1.54, 1.807) is 0 Å². The number of aliphatic hydroxyl groups excluding tert-OH is 2. The third-order valence-corrected chi connectivity index (χ3v) is 1.86. The van der Waals surface area contributed by atoms with E-state index in [0.29, 0.717) is 0 Å². The molecule has 80 valence electrons. The number of rotatable bonds is 5. The molecular formula is C9H20O4. The minimum atomic E-state index is -0.656. The zero-order valence-corrected chi connectivity index (χ0v) is 8.78. The smallest absolute Gasteiger partial charge is 0.180 e. The van der Waals surface area contributed by atoms with Crippen molar-refractivity contribution in [3.63, 3.8) is 0 Å². The van der Waals surface area contributed by atoms with Crippen molar-refractivity contribution in [3.05, 3.63) is 0 Å². The Kier molecular flexibility index (Phi) is 5.48. The second-order valence-corrected chi connectivity index (χ2v) is 4.02. The van der Waals surface area contributed by atoms with Gasteiger partial charge in [0.05, 0.1) is 19.3 Å². The van der Waals surface area contributed by atoms with Gasteiger partial charge in [-0.1, -0.05) is 20.8 Å². The summed E-state index contributed by atoms with van der Waals surface area (Å²) >= 11 is 0. The summed E-state index contributed by atoms with van der Waals surface area (Å²) in [6.07, 6.45) is -0.985. The minimum Gasteiger partial charge on any atom is -0.394 e. The highest BCUT2D eigenvalue weighted by Gasteiger charge is 2.27. The van der Waals surface area contributed by atoms with Gasteiger partial charge in [0.1, 0.15) is 0 Å². The molecule has 0 aliphatic rings. The van der Waals surface area contributed by atoms with E-state index in [1.165, 1.54) is 7.11 Å². The van der Waals surface area contributed by atoms with Crippen LogP contribution in [0.15, 0.2) is 0 Å². The summed E-state index contributed by atoms with van der Waals surface area (Å²) in [5, 5.41) is 17.8. The highest BCUT2D eigenvalue weighted by Crippen LogP contribution is 2.22. The number of hydrogen-bond acceptors (Lipinski definition) is 4. The van der Waals surface area contributed by atoms with E-state index in [9.17, 15) is 0 Å². The van der Waals surface area contributed by atoms with Gasteiger partial charge in [-0.2, -0.15) is 0 Å².